The van der Waals surface area contributed by atoms with E-state index in [-0.39, 0.29) is 5.78 Å². The highest BCUT2D eigenvalue weighted by Crippen LogP contribution is 2.20. The van der Waals surface area contributed by atoms with Crippen molar-refractivity contribution in [3.63, 3.8) is 0 Å². The summed E-state index contributed by atoms with van der Waals surface area (Å²) in [5.74, 6) is 1.20. The molecule has 0 N–H and O–H groups in total. The molecule has 0 saturated heterocycles. The molecule has 0 aliphatic heterocycles. The molecular weight excluding hydrogens is 280 g/mol. The van der Waals surface area contributed by atoms with Gasteiger partial charge in [-0.05, 0) is 24.3 Å². The molecule has 22 heavy (non-hydrogen) atoms. The first-order chi connectivity index (χ1) is 10.6. The summed E-state index contributed by atoms with van der Waals surface area (Å²) in [6.45, 7) is 1.96. The van der Waals surface area contributed by atoms with Gasteiger partial charge in [0.25, 0.3) is 0 Å². The van der Waals surface area contributed by atoms with Gasteiger partial charge >= 0.3 is 0 Å². The van der Waals surface area contributed by atoms with Gasteiger partial charge in [0, 0.05) is 19.0 Å². The monoisotopic (exact) mass is 296 g/mol. The highest BCUT2D eigenvalue weighted by atomic mass is 16.5. The molecule has 0 aliphatic carbocycles. The smallest absolute Gasteiger partial charge is 0.212 e. The van der Waals surface area contributed by atoms with Crippen molar-refractivity contribution in [2.45, 2.75) is 13.3 Å². The molecule has 112 valence electrons. The minimum Gasteiger partial charge on any atom is -0.497 e. The van der Waals surface area contributed by atoms with Crippen LogP contribution in [0.4, 0.5) is 0 Å². The Morgan fingerprint density at radius 1 is 1.23 bits per heavy atom. The molecule has 1 aromatic carbocycles. The molecule has 6 nitrogen and oxygen atoms in total. The molecule has 3 aromatic rings. The maximum absolute atomic E-state index is 12.8. The molecule has 0 radical (unpaired) electrons. The second-order valence-electron chi connectivity index (χ2n) is 4.91. The zero-order valence-corrected chi connectivity index (χ0v) is 12.7. The van der Waals surface area contributed by atoms with E-state index in [2.05, 4.69) is 15.1 Å². The molecule has 0 fully saturated rings. The van der Waals surface area contributed by atoms with Crippen LogP contribution in [0, 0.1) is 0 Å². The summed E-state index contributed by atoms with van der Waals surface area (Å²) < 4.78 is 6.77. The van der Waals surface area contributed by atoms with Gasteiger partial charge in [-0.1, -0.05) is 6.92 Å². The Bertz CT molecular complexity index is 837. The molecule has 0 bridgehead atoms. The molecular formula is C16H16N4O2. The summed E-state index contributed by atoms with van der Waals surface area (Å²) in [6, 6.07) is 6.99. The number of rotatable bonds is 4. The van der Waals surface area contributed by atoms with Crippen molar-refractivity contribution in [2.24, 2.45) is 7.05 Å². The maximum atomic E-state index is 12.8. The summed E-state index contributed by atoms with van der Waals surface area (Å²) in [7, 11) is 3.39. The minimum atomic E-state index is -0.141. The fraction of sp³-hybridized carbons (Fsp3) is 0.250. The van der Waals surface area contributed by atoms with Crippen LogP contribution in [0.2, 0.25) is 0 Å². The molecule has 0 unspecified atom stereocenters. The van der Waals surface area contributed by atoms with Gasteiger partial charge in [0.1, 0.15) is 17.3 Å². The van der Waals surface area contributed by atoms with E-state index in [4.69, 9.17) is 4.74 Å². The Morgan fingerprint density at radius 2 is 1.95 bits per heavy atom. The summed E-state index contributed by atoms with van der Waals surface area (Å²) in [5, 5.41) is 4.84. The van der Waals surface area contributed by atoms with Crippen molar-refractivity contribution in [1.29, 1.82) is 0 Å². The average molecular weight is 296 g/mol. The minimum absolute atomic E-state index is 0.141. The summed E-state index contributed by atoms with van der Waals surface area (Å²) >= 11 is 0. The predicted octanol–water partition coefficient (Wildman–Crippen LogP) is 2.17. The van der Waals surface area contributed by atoms with E-state index in [1.807, 2.05) is 6.92 Å². The SMILES string of the molecule is CCc1nc(C(=O)c2ccc(OC)cc2)c2cnn(C)c2n1. The lowest BCUT2D eigenvalue weighted by atomic mass is 10.1. The first-order valence-corrected chi connectivity index (χ1v) is 7.01. The third-order valence-corrected chi connectivity index (χ3v) is 3.52. The van der Waals surface area contributed by atoms with E-state index in [0.717, 1.165) is 0 Å². The fourth-order valence-corrected chi connectivity index (χ4v) is 2.28. The molecule has 0 spiro atoms. The van der Waals surface area contributed by atoms with Gasteiger partial charge in [0.05, 0.1) is 18.7 Å². The largest absolute Gasteiger partial charge is 0.497 e. The summed E-state index contributed by atoms with van der Waals surface area (Å²) in [6.07, 6.45) is 2.29. The molecule has 2 aromatic heterocycles. The van der Waals surface area contributed by atoms with E-state index in [1.165, 1.54) is 0 Å². The van der Waals surface area contributed by atoms with Gasteiger partial charge in [-0.2, -0.15) is 5.10 Å². The van der Waals surface area contributed by atoms with E-state index in [1.54, 1.807) is 49.3 Å². The van der Waals surface area contributed by atoms with Gasteiger partial charge < -0.3 is 4.74 Å². The second kappa shape index (κ2) is 5.55. The molecule has 0 aliphatic rings. The molecule has 3 rings (SSSR count). The van der Waals surface area contributed by atoms with E-state index < -0.39 is 0 Å². The van der Waals surface area contributed by atoms with Crippen molar-refractivity contribution in [1.82, 2.24) is 19.7 Å². The highest BCUT2D eigenvalue weighted by molar-refractivity contribution is 6.14. The molecule has 0 saturated carbocycles. The average Bonchev–Trinajstić information content (AvgIpc) is 2.94. The number of carbonyl (C=O) groups is 1. The molecule has 0 atom stereocenters. The zero-order chi connectivity index (χ0) is 15.7. The lowest BCUT2D eigenvalue weighted by Crippen LogP contribution is -2.09. The number of methoxy groups -OCH3 is 1. The number of ketones is 1. The Hall–Kier alpha value is -2.76. The number of hydrogen-bond acceptors (Lipinski definition) is 5. The Kier molecular flexibility index (Phi) is 3.58. The topological polar surface area (TPSA) is 69.9 Å². The van der Waals surface area contributed by atoms with Gasteiger partial charge in [0.2, 0.25) is 5.78 Å². The van der Waals surface area contributed by atoms with Crippen LogP contribution < -0.4 is 4.74 Å². The summed E-state index contributed by atoms with van der Waals surface area (Å²) in [4.78, 5) is 21.6. The van der Waals surface area contributed by atoms with Crippen molar-refractivity contribution in [3.8, 4) is 5.75 Å². The molecule has 0 amide bonds. The number of fused-ring (bicyclic) bond motifs is 1. The quantitative estimate of drug-likeness (QED) is 0.690. The third kappa shape index (κ3) is 2.32. The van der Waals surface area contributed by atoms with Crippen LogP contribution in [0.15, 0.2) is 30.5 Å². The lowest BCUT2D eigenvalue weighted by Gasteiger charge is -2.06. The third-order valence-electron chi connectivity index (χ3n) is 3.52. The van der Waals surface area contributed by atoms with Crippen molar-refractivity contribution in [3.05, 3.63) is 47.5 Å². The van der Waals surface area contributed by atoms with E-state index >= 15 is 0 Å². The number of hydrogen-bond donors (Lipinski definition) is 0. The normalized spacial score (nSPS) is 10.9. The number of ether oxygens (including phenoxy) is 1. The first kappa shape index (κ1) is 14.2. The Labute approximate surface area is 127 Å². The van der Waals surface area contributed by atoms with Crippen molar-refractivity contribution in [2.75, 3.05) is 7.11 Å². The number of aryl methyl sites for hydroxylation is 2. The number of aromatic nitrogens is 4. The molecule has 6 heteroatoms. The van der Waals surface area contributed by atoms with Crippen LogP contribution in [0.25, 0.3) is 11.0 Å². The Morgan fingerprint density at radius 3 is 2.59 bits per heavy atom. The summed E-state index contributed by atoms with van der Waals surface area (Å²) in [5.41, 5.74) is 1.62. The number of carbonyl (C=O) groups excluding carboxylic acids is 1. The van der Waals surface area contributed by atoms with Crippen LogP contribution in [-0.2, 0) is 13.5 Å². The lowest BCUT2D eigenvalue weighted by molar-refractivity contribution is 0.103. The zero-order valence-electron chi connectivity index (χ0n) is 12.7. The Balaban J connectivity index is 2.13. The highest BCUT2D eigenvalue weighted by Gasteiger charge is 2.18. The van der Waals surface area contributed by atoms with Crippen LogP contribution in [0.3, 0.4) is 0 Å². The standard InChI is InChI=1S/C16H16N4O2/c1-4-13-18-14(12-9-17-20(2)16(12)19-13)15(21)10-5-7-11(22-3)8-6-10/h5-9H,4H2,1-3H3. The number of benzene rings is 1. The fourth-order valence-electron chi connectivity index (χ4n) is 2.28. The van der Waals surface area contributed by atoms with Crippen molar-refractivity contribution >= 4 is 16.8 Å². The van der Waals surface area contributed by atoms with Crippen LogP contribution >= 0.6 is 0 Å². The van der Waals surface area contributed by atoms with Gasteiger partial charge in [-0.25, -0.2) is 9.97 Å². The van der Waals surface area contributed by atoms with Crippen molar-refractivity contribution < 1.29 is 9.53 Å². The van der Waals surface area contributed by atoms with Crippen LogP contribution in [0.1, 0.15) is 28.8 Å². The predicted molar refractivity (Wildman–Crippen MR) is 82.1 cm³/mol. The van der Waals surface area contributed by atoms with Crippen LogP contribution in [-0.4, -0.2) is 32.6 Å². The second-order valence-corrected chi connectivity index (χ2v) is 4.91. The number of nitrogens with zero attached hydrogens (tertiary/aromatic N) is 4. The van der Waals surface area contributed by atoms with E-state index in [0.29, 0.717) is 40.3 Å². The first-order valence-electron chi connectivity index (χ1n) is 7.01. The molecule has 2 heterocycles. The van der Waals surface area contributed by atoms with Gasteiger partial charge in [-0.15, -0.1) is 0 Å². The van der Waals surface area contributed by atoms with E-state index in [9.17, 15) is 4.79 Å². The van der Waals surface area contributed by atoms with Crippen LogP contribution in [0.5, 0.6) is 5.75 Å². The van der Waals surface area contributed by atoms with Gasteiger partial charge in [-0.3, -0.25) is 9.48 Å². The van der Waals surface area contributed by atoms with Gasteiger partial charge in [0.15, 0.2) is 5.65 Å². The maximum Gasteiger partial charge on any atom is 0.212 e.